The number of unbranched alkanes of at least 4 members (excludes halogenated alkanes) is 17. The average Bonchev–Trinajstić information content (AvgIpc) is 3.92. The van der Waals surface area contributed by atoms with Crippen LogP contribution in [0.1, 0.15) is 234 Å². The van der Waals surface area contributed by atoms with Gasteiger partial charge in [0.25, 0.3) is 0 Å². The van der Waals surface area contributed by atoms with E-state index in [1.165, 1.54) is 135 Å². The Labute approximate surface area is 330 Å². The largest absolute Gasteiger partial charge is 0.465 e. The molecule has 1 aliphatic rings. The lowest BCUT2D eigenvalue weighted by atomic mass is 9.88. The Morgan fingerprint density at radius 2 is 1.11 bits per heavy atom. The summed E-state index contributed by atoms with van der Waals surface area (Å²) in [5.74, 6) is 0.523. The highest BCUT2D eigenvalue weighted by Gasteiger charge is 2.41. The standard InChI is InChI=1S/C47H91NO5/c1-6-9-12-15-16-19-23-30-44(50)53-42-46(4,5)32-24-20-26-37-48(39-40-49)38-27-25-33-47(35-36-47)34-31-45(51)52-41-43(28-21-17-13-10-7-2)29-22-18-14-11-8-3/h43,49H,6-42H2,1-5H3. The highest BCUT2D eigenvalue weighted by molar-refractivity contribution is 5.69. The van der Waals surface area contributed by atoms with Crippen molar-refractivity contribution in [3.05, 3.63) is 0 Å². The molecule has 0 aromatic rings. The van der Waals surface area contributed by atoms with Crippen LogP contribution >= 0.6 is 0 Å². The Kier molecular flexibility index (Phi) is 31.1. The molecule has 1 N–H and O–H groups in total. The van der Waals surface area contributed by atoms with Gasteiger partial charge in [0.05, 0.1) is 19.8 Å². The first-order chi connectivity index (χ1) is 25.7. The monoisotopic (exact) mass is 750 g/mol. The van der Waals surface area contributed by atoms with Crippen molar-refractivity contribution in [2.24, 2.45) is 16.7 Å². The summed E-state index contributed by atoms with van der Waals surface area (Å²) in [7, 11) is 0. The van der Waals surface area contributed by atoms with E-state index < -0.39 is 0 Å². The first-order valence-electron chi connectivity index (χ1n) is 23.3. The highest BCUT2D eigenvalue weighted by Crippen LogP contribution is 2.53. The molecule has 6 heteroatoms. The van der Waals surface area contributed by atoms with Crippen LogP contribution in [0.3, 0.4) is 0 Å². The van der Waals surface area contributed by atoms with Crippen LogP contribution in [-0.4, -0.2) is 61.4 Å². The SMILES string of the molecule is CCCCCCCCCC(=O)OCC(C)(C)CCCCCN(CCO)CCCCC1(CCC(=O)OCC(CCCCCCC)CCCCCCC)CC1. The van der Waals surface area contributed by atoms with Gasteiger partial charge in [-0.1, -0.05) is 157 Å². The van der Waals surface area contributed by atoms with Gasteiger partial charge in [-0.3, -0.25) is 9.59 Å². The van der Waals surface area contributed by atoms with Crippen molar-refractivity contribution in [3.8, 4) is 0 Å². The molecular formula is C47H91NO5. The maximum absolute atomic E-state index is 12.8. The van der Waals surface area contributed by atoms with Crippen LogP contribution in [0.25, 0.3) is 0 Å². The van der Waals surface area contributed by atoms with E-state index in [9.17, 15) is 14.7 Å². The molecule has 0 radical (unpaired) electrons. The number of esters is 2. The maximum atomic E-state index is 12.8. The number of nitrogens with zero attached hydrogens (tertiary/aromatic N) is 1. The topological polar surface area (TPSA) is 76.1 Å². The van der Waals surface area contributed by atoms with E-state index in [1.807, 2.05) is 0 Å². The predicted octanol–water partition coefficient (Wildman–Crippen LogP) is 13.2. The fraction of sp³-hybridized carbons (Fsp3) is 0.957. The van der Waals surface area contributed by atoms with Gasteiger partial charge in [0.1, 0.15) is 0 Å². The second-order valence-corrected chi connectivity index (χ2v) is 18.0. The van der Waals surface area contributed by atoms with Crippen molar-refractivity contribution in [2.75, 3.05) is 39.5 Å². The molecule has 1 saturated carbocycles. The molecule has 1 rings (SSSR count). The summed E-state index contributed by atoms with van der Waals surface area (Å²) in [6.45, 7) is 15.4. The lowest BCUT2D eigenvalue weighted by Crippen LogP contribution is -2.29. The Morgan fingerprint density at radius 3 is 1.68 bits per heavy atom. The van der Waals surface area contributed by atoms with E-state index in [1.54, 1.807) is 0 Å². The normalized spacial score (nSPS) is 14.0. The van der Waals surface area contributed by atoms with Crippen LogP contribution in [-0.2, 0) is 19.1 Å². The minimum absolute atomic E-state index is 0.0135. The maximum Gasteiger partial charge on any atom is 0.305 e. The molecule has 0 unspecified atom stereocenters. The molecule has 0 saturated heterocycles. The van der Waals surface area contributed by atoms with Crippen LogP contribution < -0.4 is 0 Å². The van der Waals surface area contributed by atoms with Crippen molar-refractivity contribution >= 4 is 11.9 Å². The van der Waals surface area contributed by atoms with E-state index in [2.05, 4.69) is 39.5 Å². The summed E-state index contributed by atoms with van der Waals surface area (Å²) in [6, 6.07) is 0. The van der Waals surface area contributed by atoms with Gasteiger partial charge < -0.3 is 19.5 Å². The molecule has 0 aromatic heterocycles. The lowest BCUT2D eigenvalue weighted by Gasteiger charge is -2.25. The molecule has 0 spiro atoms. The molecular weight excluding hydrogens is 659 g/mol. The number of hydrogen-bond donors (Lipinski definition) is 1. The van der Waals surface area contributed by atoms with Crippen LogP contribution in [0.2, 0.25) is 0 Å². The zero-order chi connectivity index (χ0) is 38.9. The van der Waals surface area contributed by atoms with Gasteiger partial charge in [-0.15, -0.1) is 0 Å². The number of rotatable bonds is 40. The summed E-state index contributed by atoms with van der Waals surface area (Å²) in [6.07, 6.45) is 36.7. The van der Waals surface area contributed by atoms with Crippen molar-refractivity contribution in [1.29, 1.82) is 0 Å². The summed E-state index contributed by atoms with van der Waals surface area (Å²) in [5.41, 5.74) is 0.382. The number of hydrogen-bond acceptors (Lipinski definition) is 6. The number of ether oxygens (including phenoxy) is 2. The lowest BCUT2D eigenvalue weighted by molar-refractivity contribution is -0.147. The second kappa shape index (κ2) is 33.0. The minimum Gasteiger partial charge on any atom is -0.465 e. The molecule has 0 heterocycles. The third kappa shape index (κ3) is 29.8. The van der Waals surface area contributed by atoms with E-state index in [-0.39, 0.29) is 24.0 Å². The summed E-state index contributed by atoms with van der Waals surface area (Å²) in [4.78, 5) is 27.5. The molecule has 6 nitrogen and oxygen atoms in total. The van der Waals surface area contributed by atoms with Crippen molar-refractivity contribution in [3.63, 3.8) is 0 Å². The van der Waals surface area contributed by atoms with E-state index >= 15 is 0 Å². The molecule has 314 valence electrons. The smallest absolute Gasteiger partial charge is 0.305 e. The van der Waals surface area contributed by atoms with Gasteiger partial charge in [0.2, 0.25) is 0 Å². The Hall–Kier alpha value is -1.14. The molecule has 0 aliphatic heterocycles. The zero-order valence-electron chi connectivity index (χ0n) is 36.3. The molecule has 0 amide bonds. The molecule has 0 bridgehead atoms. The first-order valence-corrected chi connectivity index (χ1v) is 23.3. The third-order valence-corrected chi connectivity index (χ3v) is 12.0. The highest BCUT2D eigenvalue weighted by atomic mass is 16.5. The Bertz CT molecular complexity index is 842. The van der Waals surface area contributed by atoms with Gasteiger partial charge in [0.15, 0.2) is 0 Å². The van der Waals surface area contributed by atoms with Crippen LogP contribution in [0, 0.1) is 16.7 Å². The number of carbonyl (C=O) groups is 2. The van der Waals surface area contributed by atoms with Gasteiger partial charge in [-0.05, 0) is 94.0 Å². The average molecular weight is 750 g/mol. The van der Waals surface area contributed by atoms with Crippen LogP contribution in [0.15, 0.2) is 0 Å². The summed E-state index contributed by atoms with van der Waals surface area (Å²) < 4.78 is 11.6. The number of aliphatic hydroxyl groups excluding tert-OH is 1. The third-order valence-electron chi connectivity index (χ3n) is 12.0. The van der Waals surface area contributed by atoms with Gasteiger partial charge in [-0.2, -0.15) is 0 Å². The fourth-order valence-electron chi connectivity index (χ4n) is 7.91. The van der Waals surface area contributed by atoms with Crippen LogP contribution in [0.4, 0.5) is 0 Å². The van der Waals surface area contributed by atoms with Crippen LogP contribution in [0.5, 0.6) is 0 Å². The first kappa shape index (κ1) is 49.9. The Balaban J connectivity index is 2.22. The number of aliphatic hydroxyl groups is 1. The molecule has 53 heavy (non-hydrogen) atoms. The fourth-order valence-corrected chi connectivity index (χ4v) is 7.91. The number of carbonyl (C=O) groups excluding carboxylic acids is 2. The molecule has 1 aliphatic carbocycles. The zero-order valence-corrected chi connectivity index (χ0v) is 36.3. The Morgan fingerprint density at radius 1 is 0.604 bits per heavy atom. The van der Waals surface area contributed by atoms with Crippen molar-refractivity contribution in [1.82, 2.24) is 4.90 Å². The molecule has 1 fully saturated rings. The van der Waals surface area contributed by atoms with E-state index in [0.29, 0.717) is 37.4 Å². The predicted molar refractivity (Wildman–Crippen MR) is 225 cm³/mol. The summed E-state index contributed by atoms with van der Waals surface area (Å²) >= 11 is 0. The molecule has 0 atom stereocenters. The summed E-state index contributed by atoms with van der Waals surface area (Å²) in [5, 5.41) is 9.68. The van der Waals surface area contributed by atoms with E-state index in [4.69, 9.17) is 9.47 Å². The van der Waals surface area contributed by atoms with Gasteiger partial charge >= 0.3 is 11.9 Å². The minimum atomic E-state index is -0.0350. The van der Waals surface area contributed by atoms with Gasteiger partial charge in [0, 0.05) is 19.4 Å². The van der Waals surface area contributed by atoms with Crippen molar-refractivity contribution in [2.45, 2.75) is 234 Å². The second-order valence-electron chi connectivity index (χ2n) is 18.0. The van der Waals surface area contributed by atoms with Gasteiger partial charge in [-0.25, -0.2) is 0 Å². The quantitative estimate of drug-likeness (QED) is 0.0496. The van der Waals surface area contributed by atoms with Crippen molar-refractivity contribution < 1.29 is 24.2 Å². The molecule has 0 aromatic carbocycles. The van der Waals surface area contributed by atoms with E-state index in [0.717, 1.165) is 71.0 Å².